The lowest BCUT2D eigenvalue weighted by Crippen LogP contribution is -2.13. The van der Waals surface area contributed by atoms with Gasteiger partial charge in [-0.3, -0.25) is 4.79 Å². The molecule has 0 bridgehead atoms. The molecule has 1 rings (SSSR count). The van der Waals surface area contributed by atoms with Crippen molar-refractivity contribution in [3.8, 4) is 0 Å². The molecule has 16 heavy (non-hydrogen) atoms. The van der Waals surface area contributed by atoms with Crippen molar-refractivity contribution in [2.24, 2.45) is 5.92 Å². The highest BCUT2D eigenvalue weighted by Gasteiger charge is 2.19. The van der Waals surface area contributed by atoms with Gasteiger partial charge in [0.1, 0.15) is 0 Å². The fourth-order valence-electron chi connectivity index (χ4n) is 1.79. The van der Waals surface area contributed by atoms with Gasteiger partial charge in [-0.1, -0.05) is 26.0 Å². The number of hydrogen-bond donors (Lipinski definition) is 1. The molecule has 3 nitrogen and oxygen atoms in total. The van der Waals surface area contributed by atoms with Crippen molar-refractivity contribution in [1.82, 2.24) is 0 Å². The highest BCUT2D eigenvalue weighted by molar-refractivity contribution is 5.70. The first-order valence-electron chi connectivity index (χ1n) is 5.47. The summed E-state index contributed by atoms with van der Waals surface area (Å²) in [4.78, 5) is 11.3. The van der Waals surface area contributed by atoms with Crippen LogP contribution in [0.5, 0.6) is 0 Å². The molecule has 1 atom stereocenters. The van der Waals surface area contributed by atoms with Crippen molar-refractivity contribution in [1.29, 1.82) is 0 Å². The molecule has 88 valence electrons. The summed E-state index contributed by atoms with van der Waals surface area (Å²) < 4.78 is 4.71. The number of anilines is 1. The zero-order chi connectivity index (χ0) is 12.1. The van der Waals surface area contributed by atoms with Crippen LogP contribution in [0, 0.1) is 5.92 Å². The van der Waals surface area contributed by atoms with E-state index in [2.05, 4.69) is 13.8 Å². The maximum absolute atomic E-state index is 11.3. The number of benzene rings is 1. The number of nitrogens with two attached hydrogens (primary N) is 1. The quantitative estimate of drug-likeness (QED) is 0.628. The maximum atomic E-state index is 11.3. The molecule has 0 radical (unpaired) electrons. The Labute approximate surface area is 96.6 Å². The fraction of sp³-hybridized carbons (Fsp3) is 0.462. The van der Waals surface area contributed by atoms with Crippen molar-refractivity contribution in [3.05, 3.63) is 29.8 Å². The molecule has 0 aliphatic carbocycles. The van der Waals surface area contributed by atoms with Crippen LogP contribution in [0.3, 0.4) is 0 Å². The van der Waals surface area contributed by atoms with Gasteiger partial charge < -0.3 is 10.5 Å². The number of hydrogen-bond acceptors (Lipinski definition) is 3. The van der Waals surface area contributed by atoms with Crippen LogP contribution < -0.4 is 5.73 Å². The SMILES string of the molecule is COC(=O)CC(c1cccc(N)c1)C(C)C. The normalized spacial score (nSPS) is 12.5. The second kappa shape index (κ2) is 5.54. The Morgan fingerprint density at radius 3 is 2.62 bits per heavy atom. The number of carbonyl (C=O) groups is 1. The van der Waals surface area contributed by atoms with Gasteiger partial charge in [-0.25, -0.2) is 0 Å². The van der Waals surface area contributed by atoms with Gasteiger partial charge in [0.25, 0.3) is 0 Å². The summed E-state index contributed by atoms with van der Waals surface area (Å²) in [5.41, 5.74) is 7.57. The smallest absolute Gasteiger partial charge is 0.306 e. The molecule has 1 unspecified atom stereocenters. The first kappa shape index (κ1) is 12.6. The molecule has 1 aromatic carbocycles. The van der Waals surface area contributed by atoms with Gasteiger partial charge in [0.2, 0.25) is 0 Å². The van der Waals surface area contributed by atoms with Gasteiger partial charge in [-0.15, -0.1) is 0 Å². The average Bonchev–Trinajstić information content (AvgIpc) is 2.25. The average molecular weight is 221 g/mol. The van der Waals surface area contributed by atoms with Crippen molar-refractivity contribution < 1.29 is 9.53 Å². The summed E-state index contributed by atoms with van der Waals surface area (Å²) in [6.45, 7) is 4.19. The fourth-order valence-corrected chi connectivity index (χ4v) is 1.79. The molecule has 0 saturated heterocycles. The van der Waals surface area contributed by atoms with Gasteiger partial charge in [-0.2, -0.15) is 0 Å². The predicted octanol–water partition coefficient (Wildman–Crippen LogP) is 2.57. The highest BCUT2D eigenvalue weighted by Crippen LogP contribution is 2.29. The van der Waals surface area contributed by atoms with Gasteiger partial charge in [0, 0.05) is 5.69 Å². The number of methoxy groups -OCH3 is 1. The molecule has 2 N–H and O–H groups in total. The zero-order valence-corrected chi connectivity index (χ0v) is 10.1. The molecular formula is C13H19NO2. The third-order valence-electron chi connectivity index (χ3n) is 2.76. The lowest BCUT2D eigenvalue weighted by Gasteiger charge is -2.20. The Balaban J connectivity index is 2.89. The van der Waals surface area contributed by atoms with E-state index in [9.17, 15) is 4.79 Å². The summed E-state index contributed by atoms with van der Waals surface area (Å²) >= 11 is 0. The van der Waals surface area contributed by atoms with Crippen LogP contribution in [0.1, 0.15) is 31.7 Å². The van der Waals surface area contributed by atoms with Crippen LogP contribution in [0.25, 0.3) is 0 Å². The molecule has 0 aromatic heterocycles. The van der Waals surface area contributed by atoms with Crippen LogP contribution >= 0.6 is 0 Å². The Hall–Kier alpha value is -1.51. The second-order valence-corrected chi connectivity index (χ2v) is 4.30. The molecular weight excluding hydrogens is 202 g/mol. The Bertz CT molecular complexity index is 361. The van der Waals surface area contributed by atoms with Crippen LogP contribution in [-0.2, 0) is 9.53 Å². The minimum Gasteiger partial charge on any atom is -0.469 e. The van der Waals surface area contributed by atoms with Crippen molar-refractivity contribution in [2.75, 3.05) is 12.8 Å². The van der Waals surface area contributed by atoms with Gasteiger partial charge >= 0.3 is 5.97 Å². The maximum Gasteiger partial charge on any atom is 0.306 e. The van der Waals surface area contributed by atoms with Crippen LogP contribution in [0.2, 0.25) is 0 Å². The molecule has 0 spiro atoms. The number of ether oxygens (including phenoxy) is 1. The highest BCUT2D eigenvalue weighted by atomic mass is 16.5. The monoisotopic (exact) mass is 221 g/mol. The van der Waals surface area contributed by atoms with Gasteiger partial charge in [0.15, 0.2) is 0 Å². The van der Waals surface area contributed by atoms with Crippen molar-refractivity contribution in [3.63, 3.8) is 0 Å². The largest absolute Gasteiger partial charge is 0.469 e. The van der Waals surface area contributed by atoms with E-state index in [1.807, 2.05) is 24.3 Å². The number of carbonyl (C=O) groups excluding carboxylic acids is 1. The standard InChI is InChI=1S/C13H19NO2/c1-9(2)12(8-13(15)16-3)10-5-4-6-11(14)7-10/h4-7,9,12H,8,14H2,1-3H3. The van der Waals surface area contributed by atoms with Crippen molar-refractivity contribution in [2.45, 2.75) is 26.2 Å². The number of nitrogen functional groups attached to an aromatic ring is 1. The molecule has 1 aromatic rings. The van der Waals surface area contributed by atoms with E-state index in [1.165, 1.54) is 7.11 Å². The molecule has 0 fully saturated rings. The minimum absolute atomic E-state index is 0.163. The van der Waals surface area contributed by atoms with Crippen LogP contribution in [-0.4, -0.2) is 13.1 Å². The topological polar surface area (TPSA) is 52.3 Å². The molecule has 0 aliphatic heterocycles. The van der Waals surface area contributed by atoms with E-state index >= 15 is 0 Å². The third-order valence-corrected chi connectivity index (χ3v) is 2.76. The molecule has 3 heteroatoms. The van der Waals surface area contributed by atoms with E-state index in [0.717, 1.165) is 11.3 Å². The molecule has 0 saturated carbocycles. The summed E-state index contributed by atoms with van der Waals surface area (Å²) in [7, 11) is 1.42. The number of rotatable bonds is 4. The van der Waals surface area contributed by atoms with Crippen LogP contribution in [0.4, 0.5) is 5.69 Å². The summed E-state index contributed by atoms with van der Waals surface area (Å²) in [6, 6.07) is 7.69. The summed E-state index contributed by atoms with van der Waals surface area (Å²) in [5.74, 6) is 0.359. The van der Waals surface area contributed by atoms with Crippen LogP contribution in [0.15, 0.2) is 24.3 Å². The first-order valence-corrected chi connectivity index (χ1v) is 5.47. The lowest BCUT2D eigenvalue weighted by molar-refractivity contribution is -0.141. The second-order valence-electron chi connectivity index (χ2n) is 4.30. The van der Waals surface area contributed by atoms with Gasteiger partial charge in [0.05, 0.1) is 13.5 Å². The van der Waals surface area contributed by atoms with Gasteiger partial charge in [-0.05, 0) is 29.5 Å². The van der Waals surface area contributed by atoms with Crippen molar-refractivity contribution >= 4 is 11.7 Å². The molecule has 0 amide bonds. The van der Waals surface area contributed by atoms with E-state index in [4.69, 9.17) is 10.5 Å². The van der Waals surface area contributed by atoms with E-state index < -0.39 is 0 Å². The predicted molar refractivity (Wildman–Crippen MR) is 65.1 cm³/mol. The Morgan fingerprint density at radius 2 is 2.12 bits per heavy atom. The van der Waals surface area contributed by atoms with E-state index in [-0.39, 0.29) is 11.9 Å². The van der Waals surface area contributed by atoms with E-state index in [1.54, 1.807) is 0 Å². The first-order chi connectivity index (χ1) is 7.54. The summed E-state index contributed by atoms with van der Waals surface area (Å²) in [6.07, 6.45) is 0.400. The number of esters is 1. The zero-order valence-electron chi connectivity index (χ0n) is 10.1. The Morgan fingerprint density at radius 1 is 1.44 bits per heavy atom. The van der Waals surface area contributed by atoms with E-state index in [0.29, 0.717) is 12.3 Å². The molecule has 0 heterocycles. The Kier molecular flexibility index (Phi) is 4.35. The third kappa shape index (κ3) is 3.26. The summed E-state index contributed by atoms with van der Waals surface area (Å²) in [5, 5.41) is 0. The minimum atomic E-state index is -0.180. The molecule has 0 aliphatic rings. The lowest BCUT2D eigenvalue weighted by atomic mass is 9.85.